The van der Waals surface area contributed by atoms with Crippen molar-refractivity contribution in [2.24, 2.45) is 0 Å². The number of nitrogens with one attached hydrogen (secondary N) is 1. The molecule has 3 heterocycles. The second-order valence-electron chi connectivity index (χ2n) is 6.17. The van der Waals surface area contributed by atoms with E-state index < -0.39 is 0 Å². The van der Waals surface area contributed by atoms with E-state index in [9.17, 15) is 4.79 Å². The van der Waals surface area contributed by atoms with Crippen LogP contribution in [-0.4, -0.2) is 37.7 Å². The Labute approximate surface area is 155 Å². The summed E-state index contributed by atoms with van der Waals surface area (Å²) in [6.07, 6.45) is 3.39. The molecule has 0 saturated carbocycles. The summed E-state index contributed by atoms with van der Waals surface area (Å²) >= 11 is 1.31. The van der Waals surface area contributed by atoms with Crippen LogP contribution >= 0.6 is 11.5 Å². The lowest BCUT2D eigenvalue weighted by Gasteiger charge is -2.16. The molecule has 0 fully saturated rings. The van der Waals surface area contributed by atoms with E-state index in [1.807, 2.05) is 18.2 Å². The van der Waals surface area contributed by atoms with E-state index in [4.69, 9.17) is 4.52 Å². The molecule has 2 amide bonds. The van der Waals surface area contributed by atoms with Crippen molar-refractivity contribution in [3.05, 3.63) is 46.9 Å². The first kappa shape index (κ1) is 18.0. The van der Waals surface area contributed by atoms with Gasteiger partial charge in [0.2, 0.25) is 0 Å². The van der Waals surface area contributed by atoms with E-state index >= 15 is 0 Å². The summed E-state index contributed by atoms with van der Waals surface area (Å²) in [7, 11) is 1.71. The van der Waals surface area contributed by atoms with Gasteiger partial charge in [-0.3, -0.25) is 4.98 Å². The second kappa shape index (κ2) is 8.05. The zero-order valence-electron chi connectivity index (χ0n) is 14.8. The average molecular weight is 372 g/mol. The van der Waals surface area contributed by atoms with Crippen LogP contribution in [0.15, 0.2) is 35.1 Å². The van der Waals surface area contributed by atoms with Crippen LogP contribution in [0.2, 0.25) is 0 Å². The van der Waals surface area contributed by atoms with Gasteiger partial charge in [-0.15, -0.1) is 5.10 Å². The van der Waals surface area contributed by atoms with Gasteiger partial charge in [0.15, 0.2) is 5.76 Å². The van der Waals surface area contributed by atoms with Gasteiger partial charge < -0.3 is 14.7 Å². The first-order chi connectivity index (χ1) is 12.5. The highest BCUT2D eigenvalue weighted by atomic mass is 32.1. The Morgan fingerprint density at radius 3 is 2.85 bits per heavy atom. The number of nitrogens with zero attached hydrogens (tertiary/aromatic N) is 5. The van der Waals surface area contributed by atoms with E-state index in [0.717, 1.165) is 16.1 Å². The monoisotopic (exact) mass is 372 g/mol. The van der Waals surface area contributed by atoms with Crippen molar-refractivity contribution >= 4 is 17.6 Å². The van der Waals surface area contributed by atoms with Gasteiger partial charge >= 0.3 is 6.03 Å². The molecule has 9 heteroatoms. The van der Waals surface area contributed by atoms with Crippen molar-refractivity contribution in [2.75, 3.05) is 7.05 Å². The third kappa shape index (κ3) is 4.23. The molecule has 0 atom stereocenters. The molecule has 3 aromatic heterocycles. The van der Waals surface area contributed by atoms with Gasteiger partial charge in [-0.1, -0.05) is 23.5 Å². The van der Waals surface area contributed by atoms with Gasteiger partial charge in [0.1, 0.15) is 5.69 Å². The standard InChI is InChI=1S/C17H20N6O2S/c1-11(2)16-15(26-22-20-16)9-19-17(24)23(3)10-13-8-14(21-25-13)12-4-6-18-7-5-12/h4-8,11H,9-10H2,1-3H3,(H,19,24). The third-order valence-corrected chi connectivity index (χ3v) is 4.54. The fourth-order valence-electron chi connectivity index (χ4n) is 2.42. The molecular formula is C17H20N6O2S. The molecule has 0 unspecified atom stereocenters. The highest BCUT2D eigenvalue weighted by Gasteiger charge is 2.16. The van der Waals surface area contributed by atoms with Crippen molar-refractivity contribution < 1.29 is 9.32 Å². The summed E-state index contributed by atoms with van der Waals surface area (Å²) in [6, 6.07) is 5.33. The van der Waals surface area contributed by atoms with Crippen LogP contribution in [0, 0.1) is 0 Å². The van der Waals surface area contributed by atoms with Gasteiger partial charge in [0.25, 0.3) is 0 Å². The highest BCUT2D eigenvalue weighted by molar-refractivity contribution is 7.05. The van der Waals surface area contributed by atoms with Crippen LogP contribution in [0.3, 0.4) is 0 Å². The van der Waals surface area contributed by atoms with Crippen molar-refractivity contribution in [3.63, 3.8) is 0 Å². The fourth-order valence-corrected chi connectivity index (χ4v) is 3.15. The molecular weight excluding hydrogens is 352 g/mol. The highest BCUT2D eigenvalue weighted by Crippen LogP contribution is 2.20. The lowest BCUT2D eigenvalue weighted by atomic mass is 10.1. The molecule has 0 radical (unpaired) electrons. The third-order valence-electron chi connectivity index (χ3n) is 3.81. The SMILES string of the molecule is CC(C)c1nnsc1CNC(=O)N(C)Cc1cc(-c2ccncc2)no1. The van der Waals surface area contributed by atoms with E-state index in [0.29, 0.717) is 24.5 Å². The van der Waals surface area contributed by atoms with Crippen LogP contribution < -0.4 is 5.32 Å². The molecule has 3 aromatic rings. The number of urea groups is 1. The van der Waals surface area contributed by atoms with Crippen LogP contribution in [0.4, 0.5) is 4.79 Å². The number of aromatic nitrogens is 4. The van der Waals surface area contributed by atoms with Gasteiger partial charge in [-0.2, -0.15) is 0 Å². The number of hydrogen-bond donors (Lipinski definition) is 1. The number of hydrogen-bond acceptors (Lipinski definition) is 7. The fraction of sp³-hybridized carbons (Fsp3) is 0.353. The van der Waals surface area contributed by atoms with Gasteiger partial charge in [-0.25, -0.2) is 4.79 Å². The van der Waals surface area contributed by atoms with Gasteiger partial charge in [0, 0.05) is 31.1 Å². The van der Waals surface area contributed by atoms with Crippen molar-refractivity contribution in [3.8, 4) is 11.3 Å². The Balaban J connectivity index is 1.56. The van der Waals surface area contributed by atoms with E-state index in [-0.39, 0.29) is 11.9 Å². The molecule has 0 aliphatic heterocycles. The zero-order valence-corrected chi connectivity index (χ0v) is 15.7. The quantitative estimate of drug-likeness (QED) is 0.714. The first-order valence-corrected chi connectivity index (χ1v) is 8.98. The van der Waals surface area contributed by atoms with Crippen molar-refractivity contribution in [1.82, 2.24) is 29.9 Å². The topological polar surface area (TPSA) is 97.0 Å². The van der Waals surface area contributed by atoms with Crippen LogP contribution in [0.25, 0.3) is 11.3 Å². The summed E-state index contributed by atoms with van der Waals surface area (Å²) in [4.78, 5) is 18.8. The predicted molar refractivity (Wildman–Crippen MR) is 97.4 cm³/mol. The maximum atomic E-state index is 12.3. The number of amides is 2. The largest absolute Gasteiger partial charge is 0.359 e. The van der Waals surface area contributed by atoms with Crippen molar-refractivity contribution in [1.29, 1.82) is 0 Å². The normalized spacial score (nSPS) is 10.9. The van der Waals surface area contributed by atoms with E-state index in [1.54, 1.807) is 24.3 Å². The summed E-state index contributed by atoms with van der Waals surface area (Å²) in [5.41, 5.74) is 2.56. The summed E-state index contributed by atoms with van der Waals surface area (Å²) in [5, 5.41) is 11.0. The van der Waals surface area contributed by atoms with Crippen LogP contribution in [0.5, 0.6) is 0 Å². The first-order valence-electron chi connectivity index (χ1n) is 8.20. The molecule has 0 aliphatic rings. The Kier molecular flexibility index (Phi) is 5.57. The summed E-state index contributed by atoms with van der Waals surface area (Å²) in [6.45, 7) is 4.84. The number of rotatable bonds is 6. The molecule has 0 aliphatic carbocycles. The average Bonchev–Trinajstić information content (AvgIpc) is 3.29. The molecule has 3 rings (SSSR count). The van der Waals surface area contributed by atoms with E-state index in [2.05, 4.69) is 38.9 Å². The number of carbonyl (C=O) groups excluding carboxylic acids is 1. The Bertz CT molecular complexity index is 861. The Morgan fingerprint density at radius 1 is 1.35 bits per heavy atom. The molecule has 0 bridgehead atoms. The van der Waals surface area contributed by atoms with Gasteiger partial charge in [-0.05, 0) is 29.6 Å². The molecule has 26 heavy (non-hydrogen) atoms. The molecule has 0 spiro atoms. The summed E-state index contributed by atoms with van der Waals surface area (Å²) in [5.74, 6) is 0.885. The molecule has 0 aromatic carbocycles. The molecule has 8 nitrogen and oxygen atoms in total. The smallest absolute Gasteiger partial charge is 0.317 e. The molecule has 1 N–H and O–H groups in total. The van der Waals surface area contributed by atoms with Crippen LogP contribution in [0.1, 0.15) is 36.1 Å². The Morgan fingerprint density at radius 2 is 2.12 bits per heavy atom. The lowest BCUT2D eigenvalue weighted by Crippen LogP contribution is -2.36. The maximum absolute atomic E-state index is 12.3. The van der Waals surface area contributed by atoms with Crippen LogP contribution in [-0.2, 0) is 13.1 Å². The van der Waals surface area contributed by atoms with Gasteiger partial charge in [0.05, 0.1) is 23.7 Å². The molecule has 136 valence electrons. The number of carbonyl (C=O) groups is 1. The lowest BCUT2D eigenvalue weighted by molar-refractivity contribution is 0.200. The Hall–Kier alpha value is -2.81. The minimum absolute atomic E-state index is 0.199. The predicted octanol–water partition coefficient (Wildman–Crippen LogP) is 3.05. The maximum Gasteiger partial charge on any atom is 0.317 e. The van der Waals surface area contributed by atoms with E-state index in [1.165, 1.54) is 11.5 Å². The molecule has 0 saturated heterocycles. The minimum Gasteiger partial charge on any atom is -0.359 e. The second-order valence-corrected chi connectivity index (χ2v) is 7.00. The number of pyridine rings is 1. The zero-order chi connectivity index (χ0) is 18.5. The minimum atomic E-state index is -0.199. The summed E-state index contributed by atoms with van der Waals surface area (Å²) < 4.78 is 9.30. The van der Waals surface area contributed by atoms with Crippen molar-refractivity contribution in [2.45, 2.75) is 32.9 Å².